The number of anilines is 2. The topological polar surface area (TPSA) is 61.4 Å². The molecular weight excluding hydrogens is 394 g/mol. The van der Waals surface area contributed by atoms with E-state index in [0.29, 0.717) is 18.5 Å². The first-order chi connectivity index (χ1) is 13.2. The number of para-hydroxylation sites is 1. The van der Waals surface area contributed by atoms with Crippen LogP contribution in [0.15, 0.2) is 48.5 Å². The summed E-state index contributed by atoms with van der Waals surface area (Å²) in [6.45, 7) is 1.67. The first-order valence-electron chi connectivity index (χ1n) is 9.31. The van der Waals surface area contributed by atoms with Gasteiger partial charge in [0.15, 0.2) is 0 Å². The van der Waals surface area contributed by atoms with E-state index in [2.05, 4.69) is 16.7 Å². The lowest BCUT2D eigenvalue weighted by Crippen LogP contribution is -2.39. The maximum Gasteiger partial charge on any atom is 0.258 e. The van der Waals surface area contributed by atoms with Gasteiger partial charge in [-0.05, 0) is 42.3 Å². The normalized spacial score (nSPS) is 18.1. The summed E-state index contributed by atoms with van der Waals surface area (Å²) in [5.74, 6) is 2.08. The number of nitrogens with one attached hydrogen (secondary N) is 2. The summed E-state index contributed by atoms with van der Waals surface area (Å²) >= 11 is 1.88. The Bertz CT molecular complexity index is 838. The number of carbonyl (C=O) groups excluding carboxylic acids is 2. The first kappa shape index (κ1) is 20.7. The minimum Gasteiger partial charge on any atom is -0.326 e. The number of halogens is 1. The van der Waals surface area contributed by atoms with Crippen molar-refractivity contribution < 1.29 is 9.59 Å². The molecule has 0 aromatic heterocycles. The van der Waals surface area contributed by atoms with Gasteiger partial charge < -0.3 is 15.5 Å². The number of benzene rings is 2. The van der Waals surface area contributed by atoms with E-state index in [4.69, 9.17) is 0 Å². The Labute approximate surface area is 175 Å². The monoisotopic (exact) mass is 417 g/mol. The summed E-state index contributed by atoms with van der Waals surface area (Å²) in [5, 5.41) is 6.29. The molecule has 2 N–H and O–H groups in total. The van der Waals surface area contributed by atoms with Crippen molar-refractivity contribution in [2.75, 3.05) is 34.8 Å². The smallest absolute Gasteiger partial charge is 0.258 e. The highest BCUT2D eigenvalue weighted by Gasteiger charge is 2.25. The molecule has 2 aromatic carbocycles. The average molecular weight is 418 g/mol. The van der Waals surface area contributed by atoms with Crippen LogP contribution >= 0.6 is 24.2 Å². The van der Waals surface area contributed by atoms with Gasteiger partial charge in [0.2, 0.25) is 5.91 Å². The van der Waals surface area contributed by atoms with Crippen LogP contribution in [0.2, 0.25) is 0 Å². The van der Waals surface area contributed by atoms with Gasteiger partial charge in [0, 0.05) is 54.0 Å². The fraction of sp³-hybridized carbons (Fsp3) is 0.333. The molecular formula is C21H24ClN3O2S. The largest absolute Gasteiger partial charge is 0.326 e. The summed E-state index contributed by atoms with van der Waals surface area (Å²) in [7, 11) is 0. The third-order valence-corrected chi connectivity index (χ3v) is 6.11. The van der Waals surface area contributed by atoms with Gasteiger partial charge in [-0.1, -0.05) is 18.2 Å². The molecule has 0 saturated carbocycles. The quantitative estimate of drug-likeness (QED) is 0.800. The lowest BCUT2D eigenvalue weighted by Gasteiger charge is -2.22. The standard InChI is InChI=1S/C21H23N3O2S.ClH/c25-20(13-18-14-27-12-10-22-18)23-17-7-5-16(6-8-17)21(26)24-11-9-15-3-1-2-4-19(15)24;/h1-8,18,22H,9-14H2,(H,23,25);1H. The van der Waals surface area contributed by atoms with Crippen LogP contribution in [0.5, 0.6) is 0 Å². The molecule has 2 aromatic rings. The summed E-state index contributed by atoms with van der Waals surface area (Å²) in [6.07, 6.45) is 1.36. The van der Waals surface area contributed by atoms with Crippen molar-refractivity contribution in [2.45, 2.75) is 18.9 Å². The zero-order chi connectivity index (χ0) is 18.6. The minimum absolute atomic E-state index is 0. The third kappa shape index (κ3) is 4.69. The van der Waals surface area contributed by atoms with E-state index in [1.807, 2.05) is 34.9 Å². The van der Waals surface area contributed by atoms with Crippen molar-refractivity contribution in [3.05, 3.63) is 59.7 Å². The number of hydrogen-bond donors (Lipinski definition) is 2. The predicted molar refractivity (Wildman–Crippen MR) is 118 cm³/mol. The number of fused-ring (bicyclic) bond motifs is 1. The van der Waals surface area contributed by atoms with Crippen molar-refractivity contribution in [2.24, 2.45) is 0 Å². The van der Waals surface area contributed by atoms with Crippen LogP contribution in [-0.2, 0) is 11.2 Å². The number of hydrogen-bond acceptors (Lipinski definition) is 4. The van der Waals surface area contributed by atoms with Crippen molar-refractivity contribution in [3.8, 4) is 0 Å². The molecule has 2 heterocycles. The van der Waals surface area contributed by atoms with E-state index in [0.717, 1.165) is 35.8 Å². The number of nitrogens with zero attached hydrogens (tertiary/aromatic N) is 1. The number of amides is 2. The number of carbonyl (C=O) groups is 2. The molecule has 7 heteroatoms. The van der Waals surface area contributed by atoms with E-state index in [1.165, 1.54) is 5.56 Å². The molecule has 4 rings (SSSR count). The van der Waals surface area contributed by atoms with E-state index in [-0.39, 0.29) is 30.3 Å². The summed E-state index contributed by atoms with van der Waals surface area (Å²) in [5.41, 5.74) is 3.57. The van der Waals surface area contributed by atoms with Gasteiger partial charge in [0.1, 0.15) is 0 Å². The van der Waals surface area contributed by atoms with Crippen LogP contribution in [0.25, 0.3) is 0 Å². The van der Waals surface area contributed by atoms with Crippen LogP contribution in [0, 0.1) is 0 Å². The average Bonchev–Trinajstić information content (AvgIpc) is 3.13. The minimum atomic E-state index is 0. The number of thioether (sulfide) groups is 1. The Morgan fingerprint density at radius 3 is 2.68 bits per heavy atom. The fourth-order valence-corrected chi connectivity index (χ4v) is 4.54. The Morgan fingerprint density at radius 1 is 1.14 bits per heavy atom. The van der Waals surface area contributed by atoms with Gasteiger partial charge in [-0.3, -0.25) is 9.59 Å². The van der Waals surface area contributed by atoms with Crippen LogP contribution < -0.4 is 15.5 Å². The molecule has 28 heavy (non-hydrogen) atoms. The molecule has 2 aliphatic heterocycles. The van der Waals surface area contributed by atoms with E-state index < -0.39 is 0 Å². The Morgan fingerprint density at radius 2 is 1.93 bits per heavy atom. The van der Waals surface area contributed by atoms with Gasteiger partial charge in [-0.15, -0.1) is 12.4 Å². The van der Waals surface area contributed by atoms with Crippen molar-refractivity contribution in [1.82, 2.24) is 5.32 Å². The van der Waals surface area contributed by atoms with Crippen molar-refractivity contribution in [3.63, 3.8) is 0 Å². The summed E-state index contributed by atoms with van der Waals surface area (Å²) in [4.78, 5) is 26.9. The maximum absolute atomic E-state index is 12.8. The van der Waals surface area contributed by atoms with E-state index >= 15 is 0 Å². The molecule has 0 aliphatic carbocycles. The molecule has 0 radical (unpaired) electrons. The van der Waals surface area contributed by atoms with Crippen molar-refractivity contribution in [1.29, 1.82) is 0 Å². The van der Waals surface area contributed by atoms with Gasteiger partial charge in [0.25, 0.3) is 5.91 Å². The van der Waals surface area contributed by atoms with E-state index in [1.54, 1.807) is 24.3 Å². The Hall–Kier alpha value is -2.02. The summed E-state index contributed by atoms with van der Waals surface area (Å²) in [6, 6.07) is 15.4. The molecule has 5 nitrogen and oxygen atoms in total. The zero-order valence-electron chi connectivity index (χ0n) is 15.5. The van der Waals surface area contributed by atoms with Gasteiger partial charge in [-0.2, -0.15) is 11.8 Å². The molecule has 1 saturated heterocycles. The zero-order valence-corrected chi connectivity index (χ0v) is 17.2. The van der Waals surface area contributed by atoms with Gasteiger partial charge >= 0.3 is 0 Å². The van der Waals surface area contributed by atoms with E-state index in [9.17, 15) is 9.59 Å². The Kier molecular flexibility index (Phi) is 6.99. The van der Waals surface area contributed by atoms with Gasteiger partial charge in [-0.25, -0.2) is 0 Å². The van der Waals surface area contributed by atoms with Crippen molar-refractivity contribution >= 4 is 47.4 Å². The number of rotatable bonds is 4. The Balaban J connectivity index is 0.00000225. The molecule has 1 fully saturated rings. The molecule has 0 spiro atoms. The second-order valence-electron chi connectivity index (χ2n) is 6.89. The second kappa shape index (κ2) is 9.45. The second-order valence-corrected chi connectivity index (χ2v) is 8.04. The maximum atomic E-state index is 12.8. The lowest BCUT2D eigenvalue weighted by molar-refractivity contribution is -0.116. The van der Waals surface area contributed by atoms with Crippen LogP contribution in [0.4, 0.5) is 11.4 Å². The highest BCUT2D eigenvalue weighted by molar-refractivity contribution is 7.99. The summed E-state index contributed by atoms with van der Waals surface area (Å²) < 4.78 is 0. The fourth-order valence-electron chi connectivity index (χ4n) is 3.59. The molecule has 2 amide bonds. The van der Waals surface area contributed by atoms with Gasteiger partial charge in [0.05, 0.1) is 0 Å². The molecule has 1 atom stereocenters. The molecule has 148 valence electrons. The highest BCUT2D eigenvalue weighted by atomic mass is 35.5. The first-order valence-corrected chi connectivity index (χ1v) is 10.5. The molecule has 1 unspecified atom stereocenters. The van der Waals surface area contributed by atoms with Crippen LogP contribution in [-0.4, -0.2) is 42.5 Å². The predicted octanol–water partition coefficient (Wildman–Crippen LogP) is 3.34. The van der Waals surface area contributed by atoms with Crippen LogP contribution in [0.1, 0.15) is 22.3 Å². The lowest BCUT2D eigenvalue weighted by atomic mass is 10.1. The van der Waals surface area contributed by atoms with Crippen LogP contribution in [0.3, 0.4) is 0 Å². The molecule has 0 bridgehead atoms. The third-order valence-electron chi connectivity index (χ3n) is 4.98. The molecule has 2 aliphatic rings. The SMILES string of the molecule is Cl.O=C(CC1CSCCN1)Nc1ccc(C(=O)N2CCc3ccccc32)cc1. The highest BCUT2D eigenvalue weighted by Crippen LogP contribution is 2.29.